The highest BCUT2D eigenvalue weighted by Crippen LogP contribution is 1.98. The molecule has 0 unspecified atom stereocenters. The summed E-state index contributed by atoms with van der Waals surface area (Å²) in [5, 5.41) is 11.1. The average Bonchev–Trinajstić information content (AvgIpc) is 1.83. The Labute approximate surface area is 54.1 Å². The maximum absolute atomic E-state index is 3.78. The number of rotatable bonds is 0. The molecule has 0 amide bonds. The van der Waals surface area contributed by atoms with E-state index in [4.69, 9.17) is 0 Å². The van der Waals surface area contributed by atoms with Gasteiger partial charge in [0.1, 0.15) is 0 Å². The standard InChI is InChI=1S/C6H9N3/c1-4-5(2)7-9-8-6(4)3/h1-3H3/q+2. The van der Waals surface area contributed by atoms with Crippen molar-refractivity contribution in [1.82, 2.24) is 5.10 Å². The maximum atomic E-state index is 3.78. The van der Waals surface area contributed by atoms with E-state index in [9.17, 15) is 0 Å². The van der Waals surface area contributed by atoms with Crippen LogP contribution in [0.5, 0.6) is 0 Å². The minimum absolute atomic E-state index is 0.961. The second-order valence-electron chi connectivity index (χ2n) is 2.09. The molecule has 0 radical (unpaired) electrons. The Morgan fingerprint density at radius 1 is 1.22 bits per heavy atom. The van der Waals surface area contributed by atoms with Crippen molar-refractivity contribution in [3.05, 3.63) is 17.0 Å². The summed E-state index contributed by atoms with van der Waals surface area (Å²) in [6.45, 7) is 5.85. The first kappa shape index (κ1) is 5.96. The third-order valence-corrected chi connectivity index (χ3v) is 1.47. The van der Waals surface area contributed by atoms with E-state index in [1.807, 2.05) is 20.8 Å². The molecule has 3 heteroatoms. The number of aryl methyl sites for hydroxylation is 1. The van der Waals surface area contributed by atoms with Gasteiger partial charge < -0.3 is 0 Å². The smallest absolute Gasteiger partial charge is 0.0299 e. The van der Waals surface area contributed by atoms with Crippen LogP contribution < -0.4 is 10.3 Å². The minimum atomic E-state index is 0.961. The fourth-order valence-electron chi connectivity index (χ4n) is 0.568. The van der Waals surface area contributed by atoms with E-state index < -0.39 is 0 Å². The second kappa shape index (κ2) is 1.98. The molecule has 0 atom stereocenters. The molecule has 0 aliphatic carbocycles. The molecule has 3 nitrogen and oxygen atoms in total. The quantitative estimate of drug-likeness (QED) is 0.454. The molecule has 1 aromatic heterocycles. The molecule has 0 spiro atoms. The van der Waals surface area contributed by atoms with Crippen LogP contribution in [-0.4, -0.2) is 5.10 Å². The molecule has 0 saturated heterocycles. The van der Waals surface area contributed by atoms with Gasteiger partial charge in [0.2, 0.25) is 0 Å². The van der Waals surface area contributed by atoms with E-state index in [0.717, 1.165) is 17.0 Å². The maximum Gasteiger partial charge on any atom is 0.526 e. The summed E-state index contributed by atoms with van der Waals surface area (Å²) in [5.41, 5.74) is 3.05. The van der Waals surface area contributed by atoms with Crippen LogP contribution in [0.3, 0.4) is 0 Å². The topological polar surface area (TPSA) is 41.1 Å². The van der Waals surface area contributed by atoms with Gasteiger partial charge in [-0.15, -0.1) is 0 Å². The van der Waals surface area contributed by atoms with E-state index in [2.05, 4.69) is 15.4 Å². The third-order valence-electron chi connectivity index (χ3n) is 1.47. The predicted molar refractivity (Wildman–Crippen MR) is 29.6 cm³/mol. The first-order valence-electron chi connectivity index (χ1n) is 2.85. The van der Waals surface area contributed by atoms with Crippen LogP contribution in [0.2, 0.25) is 0 Å². The molecule has 0 N–H and O–H groups in total. The van der Waals surface area contributed by atoms with Gasteiger partial charge in [0, 0.05) is 13.8 Å². The minimum Gasteiger partial charge on any atom is -0.0299 e. The Hall–Kier alpha value is -1.17. The molecule has 0 saturated carbocycles. The van der Waals surface area contributed by atoms with Crippen molar-refractivity contribution in [1.29, 1.82) is 0 Å². The van der Waals surface area contributed by atoms with Crippen molar-refractivity contribution in [2.75, 3.05) is 0 Å². The first-order valence-corrected chi connectivity index (χ1v) is 2.85. The SMILES string of the molecule is Cc1n[n+]#[n+]c(C)c1C. The van der Waals surface area contributed by atoms with Crippen LogP contribution in [0.25, 0.3) is 0 Å². The lowest BCUT2D eigenvalue weighted by Gasteiger charge is -1.76. The molecule has 0 aliphatic rings. The Morgan fingerprint density at radius 3 is 2.33 bits per heavy atom. The molecule has 0 bridgehead atoms. The van der Waals surface area contributed by atoms with Crippen LogP contribution in [0, 0.1) is 20.8 Å². The summed E-state index contributed by atoms with van der Waals surface area (Å²) in [7, 11) is 0. The lowest BCUT2D eigenvalue weighted by atomic mass is 10.2. The summed E-state index contributed by atoms with van der Waals surface area (Å²) in [5.74, 6) is 0. The molecule has 0 aromatic carbocycles. The highest BCUT2D eigenvalue weighted by atomic mass is 15.2. The summed E-state index contributed by atoms with van der Waals surface area (Å²) in [4.78, 5) is 0. The van der Waals surface area contributed by atoms with Crippen LogP contribution >= 0.6 is 0 Å². The number of aromatic nitrogens is 3. The zero-order chi connectivity index (χ0) is 6.85. The van der Waals surface area contributed by atoms with Gasteiger partial charge in [-0.1, -0.05) is 0 Å². The highest BCUT2D eigenvalue weighted by Gasteiger charge is 2.14. The van der Waals surface area contributed by atoms with E-state index in [-0.39, 0.29) is 0 Å². The van der Waals surface area contributed by atoms with Crippen molar-refractivity contribution >= 4 is 0 Å². The summed E-state index contributed by atoms with van der Waals surface area (Å²) >= 11 is 0. The first-order chi connectivity index (χ1) is 4.22. The largest absolute Gasteiger partial charge is 0.526 e. The Kier molecular flexibility index (Phi) is 1.31. The van der Waals surface area contributed by atoms with Crippen LogP contribution in [-0.2, 0) is 0 Å². The number of hydrogen-bond acceptors (Lipinski definition) is 1. The Bertz CT molecular complexity index is 199. The lowest BCUT2D eigenvalue weighted by molar-refractivity contribution is -0.786. The molecule has 0 fully saturated rings. The van der Waals surface area contributed by atoms with E-state index in [1.165, 1.54) is 0 Å². The van der Waals surface area contributed by atoms with Gasteiger partial charge in [-0.2, -0.15) is 0 Å². The van der Waals surface area contributed by atoms with Crippen LogP contribution in [0.15, 0.2) is 0 Å². The average molecular weight is 123 g/mol. The summed E-state index contributed by atoms with van der Waals surface area (Å²) in [6.07, 6.45) is 0. The highest BCUT2D eigenvalue weighted by molar-refractivity contribution is 5.14. The molecule has 0 aliphatic heterocycles. The molecule has 9 heavy (non-hydrogen) atoms. The van der Waals surface area contributed by atoms with Gasteiger partial charge in [-0.3, -0.25) is 0 Å². The molecule has 46 valence electrons. The summed E-state index contributed by atoms with van der Waals surface area (Å²) in [6, 6.07) is 0. The van der Waals surface area contributed by atoms with Crippen molar-refractivity contribution < 1.29 is 10.3 Å². The van der Waals surface area contributed by atoms with Gasteiger partial charge in [0.05, 0.1) is 5.56 Å². The molecular formula is C6H9N3+2. The van der Waals surface area contributed by atoms with E-state index in [1.54, 1.807) is 0 Å². The van der Waals surface area contributed by atoms with Crippen molar-refractivity contribution in [3.8, 4) is 0 Å². The van der Waals surface area contributed by atoms with Crippen LogP contribution in [0.1, 0.15) is 17.0 Å². The molecular weight excluding hydrogens is 114 g/mol. The summed E-state index contributed by atoms with van der Waals surface area (Å²) < 4.78 is 0. The fraction of sp³-hybridized carbons (Fsp3) is 0.500. The zero-order valence-corrected chi connectivity index (χ0v) is 5.84. The van der Waals surface area contributed by atoms with Gasteiger partial charge in [0.25, 0.3) is 5.69 Å². The second-order valence-corrected chi connectivity index (χ2v) is 2.09. The van der Waals surface area contributed by atoms with Crippen molar-refractivity contribution in [2.45, 2.75) is 20.8 Å². The van der Waals surface area contributed by atoms with Gasteiger partial charge in [0.15, 0.2) is 5.10 Å². The monoisotopic (exact) mass is 123 g/mol. The molecule has 1 rings (SSSR count). The van der Waals surface area contributed by atoms with Gasteiger partial charge in [-0.05, 0) is 6.92 Å². The molecule has 1 aromatic rings. The number of nitrogens with zero attached hydrogens (tertiary/aromatic N) is 3. The zero-order valence-electron chi connectivity index (χ0n) is 5.84. The van der Waals surface area contributed by atoms with Gasteiger partial charge >= 0.3 is 16.0 Å². The predicted octanol–water partition coefficient (Wildman–Crippen LogP) is -0.793. The fourth-order valence-corrected chi connectivity index (χ4v) is 0.568. The van der Waals surface area contributed by atoms with Gasteiger partial charge in [-0.25, -0.2) is 0 Å². The van der Waals surface area contributed by atoms with E-state index in [0.29, 0.717) is 0 Å². The number of hydrogen-bond donors (Lipinski definition) is 0. The Balaban J connectivity index is 3.25. The molecule has 1 heterocycles. The third kappa shape index (κ3) is 0.968. The van der Waals surface area contributed by atoms with Crippen molar-refractivity contribution in [2.24, 2.45) is 0 Å². The normalized spacial score (nSPS) is 8.78. The van der Waals surface area contributed by atoms with Crippen LogP contribution in [0.4, 0.5) is 0 Å². The Morgan fingerprint density at radius 2 is 1.89 bits per heavy atom. The lowest BCUT2D eigenvalue weighted by Crippen LogP contribution is -2.21. The van der Waals surface area contributed by atoms with Crippen molar-refractivity contribution in [3.63, 3.8) is 0 Å². The van der Waals surface area contributed by atoms with E-state index >= 15 is 0 Å².